The van der Waals surface area contributed by atoms with E-state index in [0.29, 0.717) is 23.2 Å². The number of aromatic nitrogens is 1. The molecule has 0 aliphatic carbocycles. The molecule has 1 aromatic heterocycles. The van der Waals surface area contributed by atoms with E-state index in [9.17, 15) is 4.79 Å². The molecule has 0 unspecified atom stereocenters. The summed E-state index contributed by atoms with van der Waals surface area (Å²) in [7, 11) is 0. The van der Waals surface area contributed by atoms with Gasteiger partial charge in [0, 0.05) is 16.6 Å². The van der Waals surface area contributed by atoms with Crippen molar-refractivity contribution in [3.05, 3.63) is 28.8 Å². The van der Waals surface area contributed by atoms with E-state index in [1.165, 1.54) is 11.3 Å². The van der Waals surface area contributed by atoms with Crippen LogP contribution in [0.4, 0.5) is 10.8 Å². The van der Waals surface area contributed by atoms with Crippen molar-refractivity contribution >= 4 is 28.1 Å². The third kappa shape index (κ3) is 2.78. The van der Waals surface area contributed by atoms with Gasteiger partial charge in [0.2, 0.25) is 6.79 Å². The standard InChI is InChI=1S/C14H14N2O4S/c1-3-18-13(17)12-8(2)21-14(16-12)15-9-4-5-10-11(6-9)20-7-19-10/h4-6H,3,7H2,1-2H3,(H,15,16). The van der Waals surface area contributed by atoms with Crippen molar-refractivity contribution in [1.82, 2.24) is 4.98 Å². The van der Waals surface area contributed by atoms with Crippen molar-refractivity contribution in [3.8, 4) is 11.5 Å². The third-order valence-electron chi connectivity index (χ3n) is 2.89. The Labute approximate surface area is 125 Å². The molecule has 0 radical (unpaired) electrons. The molecular formula is C14H14N2O4S. The number of anilines is 2. The number of nitrogens with zero attached hydrogens (tertiary/aromatic N) is 1. The number of aryl methyl sites for hydroxylation is 1. The van der Waals surface area contributed by atoms with Crippen molar-refractivity contribution in [2.45, 2.75) is 13.8 Å². The van der Waals surface area contributed by atoms with Crippen molar-refractivity contribution in [3.63, 3.8) is 0 Å². The highest BCUT2D eigenvalue weighted by Crippen LogP contribution is 2.35. The van der Waals surface area contributed by atoms with E-state index < -0.39 is 5.97 Å². The van der Waals surface area contributed by atoms with Gasteiger partial charge >= 0.3 is 5.97 Å². The van der Waals surface area contributed by atoms with E-state index >= 15 is 0 Å². The van der Waals surface area contributed by atoms with Gasteiger partial charge in [0.05, 0.1) is 6.61 Å². The number of rotatable bonds is 4. The fourth-order valence-corrected chi connectivity index (χ4v) is 2.76. The molecule has 1 aliphatic heterocycles. The molecule has 2 heterocycles. The maximum Gasteiger partial charge on any atom is 0.358 e. The van der Waals surface area contributed by atoms with Gasteiger partial charge in [0.25, 0.3) is 0 Å². The molecular weight excluding hydrogens is 292 g/mol. The zero-order valence-corrected chi connectivity index (χ0v) is 12.5. The van der Waals surface area contributed by atoms with Gasteiger partial charge in [-0.05, 0) is 26.0 Å². The topological polar surface area (TPSA) is 69.7 Å². The van der Waals surface area contributed by atoms with Crippen molar-refractivity contribution < 1.29 is 19.0 Å². The quantitative estimate of drug-likeness (QED) is 0.875. The first-order valence-corrected chi connectivity index (χ1v) is 7.30. The molecule has 0 atom stereocenters. The highest BCUT2D eigenvalue weighted by atomic mass is 32.1. The smallest absolute Gasteiger partial charge is 0.358 e. The van der Waals surface area contributed by atoms with Crippen LogP contribution < -0.4 is 14.8 Å². The van der Waals surface area contributed by atoms with Crippen LogP contribution in [-0.2, 0) is 4.74 Å². The first-order valence-electron chi connectivity index (χ1n) is 6.48. The molecule has 1 N–H and O–H groups in total. The van der Waals surface area contributed by atoms with Crippen LogP contribution in [0.25, 0.3) is 0 Å². The van der Waals surface area contributed by atoms with Crippen molar-refractivity contribution in [2.75, 3.05) is 18.7 Å². The van der Waals surface area contributed by atoms with E-state index in [1.54, 1.807) is 6.92 Å². The van der Waals surface area contributed by atoms with Crippen LogP contribution >= 0.6 is 11.3 Å². The van der Waals surface area contributed by atoms with E-state index in [2.05, 4.69) is 10.3 Å². The Morgan fingerprint density at radius 2 is 2.24 bits per heavy atom. The maximum atomic E-state index is 11.7. The summed E-state index contributed by atoms with van der Waals surface area (Å²) in [6.07, 6.45) is 0. The van der Waals surface area contributed by atoms with Crippen LogP contribution in [0.15, 0.2) is 18.2 Å². The van der Waals surface area contributed by atoms with Gasteiger partial charge in [0.1, 0.15) is 0 Å². The summed E-state index contributed by atoms with van der Waals surface area (Å²) < 4.78 is 15.6. The van der Waals surface area contributed by atoms with Crippen LogP contribution in [0, 0.1) is 6.92 Å². The van der Waals surface area contributed by atoms with Crippen LogP contribution in [0.3, 0.4) is 0 Å². The molecule has 2 aromatic rings. The monoisotopic (exact) mass is 306 g/mol. The van der Waals surface area contributed by atoms with E-state index in [4.69, 9.17) is 14.2 Å². The molecule has 7 heteroatoms. The maximum absolute atomic E-state index is 11.7. The first-order chi connectivity index (χ1) is 10.2. The number of hydrogen-bond acceptors (Lipinski definition) is 7. The normalized spacial score (nSPS) is 12.3. The number of nitrogens with one attached hydrogen (secondary N) is 1. The van der Waals surface area contributed by atoms with Gasteiger partial charge < -0.3 is 19.5 Å². The molecule has 6 nitrogen and oxygen atoms in total. The van der Waals surface area contributed by atoms with Gasteiger partial charge in [-0.15, -0.1) is 11.3 Å². The van der Waals surface area contributed by atoms with Crippen LogP contribution in [0.5, 0.6) is 11.5 Å². The van der Waals surface area contributed by atoms with Gasteiger partial charge in [-0.2, -0.15) is 0 Å². The molecule has 0 spiro atoms. The molecule has 0 amide bonds. The second-order valence-corrected chi connectivity index (χ2v) is 5.54. The molecule has 1 aliphatic rings. The SMILES string of the molecule is CCOC(=O)c1nc(Nc2ccc3c(c2)OCO3)sc1C. The van der Waals surface area contributed by atoms with Crippen LogP contribution in [-0.4, -0.2) is 24.4 Å². The summed E-state index contributed by atoms with van der Waals surface area (Å²) in [5, 5.41) is 3.79. The lowest BCUT2D eigenvalue weighted by atomic mass is 10.3. The fourth-order valence-electron chi connectivity index (χ4n) is 1.94. The molecule has 0 fully saturated rings. The molecule has 0 saturated carbocycles. The summed E-state index contributed by atoms with van der Waals surface area (Å²) in [4.78, 5) is 16.8. The highest BCUT2D eigenvalue weighted by molar-refractivity contribution is 7.15. The Kier molecular flexibility index (Phi) is 3.66. The van der Waals surface area contributed by atoms with Gasteiger partial charge in [-0.1, -0.05) is 0 Å². The number of benzene rings is 1. The summed E-state index contributed by atoms with van der Waals surface area (Å²) in [5.74, 6) is 1.02. The Hall–Kier alpha value is -2.28. The third-order valence-corrected chi connectivity index (χ3v) is 3.78. The number of hydrogen-bond donors (Lipinski definition) is 1. The lowest BCUT2D eigenvalue weighted by molar-refractivity contribution is 0.0519. The Bertz CT molecular complexity index is 684. The minimum absolute atomic E-state index is 0.238. The first kappa shape index (κ1) is 13.7. The zero-order chi connectivity index (χ0) is 14.8. The number of esters is 1. The second kappa shape index (κ2) is 5.61. The summed E-state index contributed by atoms with van der Waals surface area (Å²) in [6.45, 7) is 4.18. The Morgan fingerprint density at radius 1 is 1.43 bits per heavy atom. The molecule has 0 bridgehead atoms. The number of carbonyl (C=O) groups is 1. The number of carbonyl (C=O) groups excluding carboxylic acids is 1. The average molecular weight is 306 g/mol. The number of ether oxygens (including phenoxy) is 3. The largest absolute Gasteiger partial charge is 0.461 e. The average Bonchev–Trinajstić information content (AvgIpc) is 3.05. The Balaban J connectivity index is 1.79. The molecule has 0 saturated heterocycles. The van der Waals surface area contributed by atoms with Gasteiger partial charge in [-0.25, -0.2) is 9.78 Å². The minimum atomic E-state index is -0.398. The summed E-state index contributed by atoms with van der Waals surface area (Å²) in [5.41, 5.74) is 1.17. The fraction of sp³-hybridized carbons (Fsp3) is 0.286. The van der Waals surface area contributed by atoms with E-state index in [-0.39, 0.29) is 6.79 Å². The predicted molar refractivity (Wildman–Crippen MR) is 78.7 cm³/mol. The number of fused-ring (bicyclic) bond motifs is 1. The zero-order valence-electron chi connectivity index (χ0n) is 11.6. The molecule has 3 rings (SSSR count). The molecule has 1 aromatic carbocycles. The molecule has 110 valence electrons. The molecule has 21 heavy (non-hydrogen) atoms. The predicted octanol–water partition coefficient (Wildman–Crippen LogP) is 3.10. The number of thiazole rings is 1. The van der Waals surface area contributed by atoms with E-state index in [1.807, 2.05) is 25.1 Å². The van der Waals surface area contributed by atoms with Crippen LogP contribution in [0.2, 0.25) is 0 Å². The summed E-state index contributed by atoms with van der Waals surface area (Å²) in [6, 6.07) is 5.54. The van der Waals surface area contributed by atoms with Crippen molar-refractivity contribution in [2.24, 2.45) is 0 Å². The lowest BCUT2D eigenvalue weighted by Crippen LogP contribution is -2.06. The van der Waals surface area contributed by atoms with Gasteiger partial charge in [-0.3, -0.25) is 0 Å². The minimum Gasteiger partial charge on any atom is -0.461 e. The van der Waals surface area contributed by atoms with Crippen LogP contribution in [0.1, 0.15) is 22.3 Å². The lowest BCUT2D eigenvalue weighted by Gasteiger charge is -2.03. The summed E-state index contributed by atoms with van der Waals surface area (Å²) >= 11 is 1.40. The second-order valence-electron chi connectivity index (χ2n) is 4.34. The Morgan fingerprint density at radius 3 is 3.05 bits per heavy atom. The highest BCUT2D eigenvalue weighted by Gasteiger charge is 2.17. The van der Waals surface area contributed by atoms with E-state index in [0.717, 1.165) is 16.3 Å². The van der Waals surface area contributed by atoms with Gasteiger partial charge in [0.15, 0.2) is 22.3 Å². The van der Waals surface area contributed by atoms with Crippen molar-refractivity contribution in [1.29, 1.82) is 0 Å².